The van der Waals surface area contributed by atoms with Gasteiger partial charge in [-0.3, -0.25) is 10.1 Å². The third-order valence-electron chi connectivity index (χ3n) is 3.61. The first-order valence-corrected chi connectivity index (χ1v) is 7.02. The van der Waals surface area contributed by atoms with Gasteiger partial charge in [-0.1, -0.05) is 0 Å². The summed E-state index contributed by atoms with van der Waals surface area (Å²) in [5, 5.41) is 10.7. The molecule has 2 atom stereocenters. The first kappa shape index (κ1) is 13.3. The van der Waals surface area contributed by atoms with Crippen LogP contribution in [0.15, 0.2) is 22.7 Å². The third kappa shape index (κ3) is 2.51. The molecule has 1 aromatic rings. The minimum Gasteiger partial charge on any atom is -0.365 e. The van der Waals surface area contributed by atoms with Crippen molar-refractivity contribution in [3.05, 3.63) is 32.8 Å². The number of nitro benzene ring substituents is 1. The van der Waals surface area contributed by atoms with E-state index in [0.29, 0.717) is 12.1 Å². The molecule has 0 aliphatic carbocycles. The zero-order chi connectivity index (χ0) is 13.3. The molecule has 1 aromatic carbocycles. The predicted molar refractivity (Wildman–Crippen MR) is 76.1 cm³/mol. The SMILES string of the molecule is CC1CCCC(C)N1c1ccc([N+](=O)[O-])cc1Br. The molecule has 0 aromatic heterocycles. The van der Waals surface area contributed by atoms with Crippen molar-refractivity contribution in [1.29, 1.82) is 0 Å². The molecule has 0 amide bonds. The van der Waals surface area contributed by atoms with Crippen LogP contribution in [0.25, 0.3) is 0 Å². The second kappa shape index (κ2) is 5.26. The predicted octanol–water partition coefficient (Wildman–Crippen LogP) is 4.12. The Labute approximate surface area is 115 Å². The van der Waals surface area contributed by atoms with Gasteiger partial charge in [-0.15, -0.1) is 0 Å². The van der Waals surface area contributed by atoms with E-state index in [1.807, 2.05) is 6.07 Å². The number of halogens is 1. The summed E-state index contributed by atoms with van der Waals surface area (Å²) in [6, 6.07) is 5.97. The second-order valence-corrected chi connectivity index (χ2v) is 5.78. The van der Waals surface area contributed by atoms with Crippen LogP contribution < -0.4 is 4.90 Å². The van der Waals surface area contributed by atoms with Gasteiger partial charge in [0.1, 0.15) is 0 Å². The molecule has 1 aliphatic rings. The molecule has 0 bridgehead atoms. The molecule has 98 valence electrons. The minimum atomic E-state index is -0.363. The molecule has 0 N–H and O–H groups in total. The van der Waals surface area contributed by atoms with Crippen molar-refractivity contribution in [3.8, 4) is 0 Å². The van der Waals surface area contributed by atoms with E-state index in [1.54, 1.807) is 12.1 Å². The summed E-state index contributed by atoms with van der Waals surface area (Å²) in [7, 11) is 0. The van der Waals surface area contributed by atoms with Crippen molar-refractivity contribution in [2.24, 2.45) is 0 Å². The number of nitro groups is 1. The fraction of sp³-hybridized carbons (Fsp3) is 0.538. The quantitative estimate of drug-likeness (QED) is 0.609. The maximum atomic E-state index is 10.7. The van der Waals surface area contributed by atoms with Gasteiger partial charge in [0.05, 0.1) is 10.6 Å². The average Bonchev–Trinajstić information content (AvgIpc) is 2.30. The van der Waals surface area contributed by atoms with Gasteiger partial charge < -0.3 is 4.90 Å². The molecule has 1 aliphatic heterocycles. The molecular formula is C13H17BrN2O2. The molecule has 0 spiro atoms. The normalized spacial score (nSPS) is 24.1. The maximum absolute atomic E-state index is 10.7. The highest BCUT2D eigenvalue weighted by Gasteiger charge is 2.26. The van der Waals surface area contributed by atoms with Crippen molar-refractivity contribution in [2.75, 3.05) is 4.90 Å². The fourth-order valence-electron chi connectivity index (χ4n) is 2.71. The highest BCUT2D eigenvalue weighted by Crippen LogP contribution is 2.36. The van der Waals surface area contributed by atoms with Crippen molar-refractivity contribution >= 4 is 27.3 Å². The third-order valence-corrected chi connectivity index (χ3v) is 4.25. The highest BCUT2D eigenvalue weighted by molar-refractivity contribution is 9.10. The maximum Gasteiger partial charge on any atom is 0.270 e. The number of anilines is 1. The van der Waals surface area contributed by atoms with Gasteiger partial charge in [-0.25, -0.2) is 0 Å². The molecule has 5 heteroatoms. The summed E-state index contributed by atoms with van der Waals surface area (Å²) >= 11 is 3.46. The Balaban J connectivity index is 2.35. The van der Waals surface area contributed by atoms with Crippen molar-refractivity contribution in [1.82, 2.24) is 0 Å². The highest BCUT2D eigenvalue weighted by atomic mass is 79.9. The van der Waals surface area contributed by atoms with E-state index in [1.165, 1.54) is 19.3 Å². The van der Waals surface area contributed by atoms with Crippen LogP contribution in [-0.2, 0) is 0 Å². The van der Waals surface area contributed by atoms with Crippen LogP contribution in [0.3, 0.4) is 0 Å². The Morgan fingerprint density at radius 2 is 1.94 bits per heavy atom. The summed E-state index contributed by atoms with van der Waals surface area (Å²) in [5.74, 6) is 0. The number of hydrogen-bond acceptors (Lipinski definition) is 3. The number of nitrogens with zero attached hydrogens (tertiary/aromatic N) is 2. The zero-order valence-corrected chi connectivity index (χ0v) is 12.2. The lowest BCUT2D eigenvalue weighted by Gasteiger charge is -2.41. The minimum absolute atomic E-state index is 0.128. The van der Waals surface area contributed by atoms with E-state index in [-0.39, 0.29) is 10.6 Å². The molecule has 1 heterocycles. The molecular weight excluding hydrogens is 296 g/mol. The Hall–Kier alpha value is -1.10. The Kier molecular flexibility index (Phi) is 3.90. The van der Waals surface area contributed by atoms with E-state index in [4.69, 9.17) is 0 Å². The van der Waals surface area contributed by atoms with Gasteiger partial charge in [-0.05, 0) is 55.1 Å². The smallest absolute Gasteiger partial charge is 0.270 e. The largest absolute Gasteiger partial charge is 0.365 e. The summed E-state index contributed by atoms with van der Waals surface area (Å²) in [6.07, 6.45) is 3.60. The number of non-ortho nitro benzene ring substituents is 1. The summed E-state index contributed by atoms with van der Waals surface area (Å²) in [6.45, 7) is 4.42. The van der Waals surface area contributed by atoms with Crippen LogP contribution >= 0.6 is 15.9 Å². The Morgan fingerprint density at radius 3 is 2.44 bits per heavy atom. The summed E-state index contributed by atoms with van der Waals surface area (Å²) in [4.78, 5) is 12.7. The summed E-state index contributed by atoms with van der Waals surface area (Å²) < 4.78 is 0.803. The summed E-state index contributed by atoms with van der Waals surface area (Å²) in [5.41, 5.74) is 1.18. The van der Waals surface area contributed by atoms with Crippen molar-refractivity contribution in [3.63, 3.8) is 0 Å². The lowest BCUT2D eigenvalue weighted by atomic mass is 9.96. The Bertz CT molecular complexity index is 454. The van der Waals surface area contributed by atoms with Crippen molar-refractivity contribution in [2.45, 2.75) is 45.2 Å². The monoisotopic (exact) mass is 312 g/mol. The van der Waals surface area contributed by atoms with Gasteiger partial charge in [0, 0.05) is 28.7 Å². The zero-order valence-electron chi connectivity index (χ0n) is 10.6. The fourth-order valence-corrected chi connectivity index (χ4v) is 3.29. The molecule has 2 unspecified atom stereocenters. The second-order valence-electron chi connectivity index (χ2n) is 4.93. The van der Waals surface area contributed by atoms with Crippen LogP contribution in [-0.4, -0.2) is 17.0 Å². The van der Waals surface area contributed by atoms with Gasteiger partial charge in [0.25, 0.3) is 5.69 Å². The van der Waals surface area contributed by atoms with E-state index in [0.717, 1.165) is 10.2 Å². The van der Waals surface area contributed by atoms with E-state index < -0.39 is 0 Å². The van der Waals surface area contributed by atoms with Gasteiger partial charge in [0.15, 0.2) is 0 Å². The van der Waals surface area contributed by atoms with Gasteiger partial charge >= 0.3 is 0 Å². The van der Waals surface area contributed by atoms with Crippen LogP contribution in [0.5, 0.6) is 0 Å². The lowest BCUT2D eigenvalue weighted by Crippen LogP contribution is -2.44. The van der Waals surface area contributed by atoms with Crippen LogP contribution in [0.1, 0.15) is 33.1 Å². The molecule has 1 fully saturated rings. The van der Waals surface area contributed by atoms with Gasteiger partial charge in [-0.2, -0.15) is 0 Å². The number of benzene rings is 1. The van der Waals surface area contributed by atoms with Crippen LogP contribution in [0.4, 0.5) is 11.4 Å². The number of hydrogen-bond donors (Lipinski definition) is 0. The Morgan fingerprint density at radius 1 is 1.33 bits per heavy atom. The van der Waals surface area contributed by atoms with Crippen LogP contribution in [0, 0.1) is 10.1 Å². The first-order valence-electron chi connectivity index (χ1n) is 6.23. The number of rotatable bonds is 2. The molecule has 0 saturated carbocycles. The van der Waals surface area contributed by atoms with E-state index in [2.05, 4.69) is 34.7 Å². The topological polar surface area (TPSA) is 46.4 Å². The standard InChI is InChI=1S/C13H17BrN2O2/c1-9-4-3-5-10(2)15(9)13-7-6-11(16(17)18)8-12(13)14/h6-10H,3-5H2,1-2H3. The molecule has 1 saturated heterocycles. The lowest BCUT2D eigenvalue weighted by molar-refractivity contribution is -0.384. The van der Waals surface area contributed by atoms with Crippen molar-refractivity contribution < 1.29 is 4.92 Å². The molecule has 18 heavy (non-hydrogen) atoms. The molecule has 0 radical (unpaired) electrons. The molecule has 4 nitrogen and oxygen atoms in total. The van der Waals surface area contributed by atoms with Gasteiger partial charge in [0.2, 0.25) is 0 Å². The van der Waals surface area contributed by atoms with E-state index in [9.17, 15) is 10.1 Å². The van der Waals surface area contributed by atoms with E-state index >= 15 is 0 Å². The first-order chi connectivity index (χ1) is 8.50. The van der Waals surface area contributed by atoms with Crippen LogP contribution in [0.2, 0.25) is 0 Å². The molecule has 2 rings (SSSR count). The average molecular weight is 313 g/mol. The number of piperidine rings is 1.